The number of halogens is 2. The second-order valence-corrected chi connectivity index (χ2v) is 5.87. The number of thiophene rings is 1. The molecular weight excluding hydrogens is 270 g/mol. The minimum absolute atomic E-state index is 0.857. The van der Waals surface area contributed by atoms with Crippen molar-refractivity contribution >= 4 is 38.9 Å². The first-order chi connectivity index (χ1) is 6.28. The Kier molecular flexibility index (Phi) is 3.30. The monoisotopic (exact) mass is 279 g/mol. The summed E-state index contributed by atoms with van der Waals surface area (Å²) in [7, 11) is 0. The van der Waals surface area contributed by atoms with Crippen molar-refractivity contribution in [2.45, 2.75) is 6.54 Å². The molecule has 0 aliphatic carbocycles. The van der Waals surface area contributed by atoms with Gasteiger partial charge in [0.1, 0.15) is 0 Å². The maximum absolute atomic E-state index is 5.85. The third-order valence-electron chi connectivity index (χ3n) is 2.26. The molecule has 0 unspecified atom stereocenters. The summed E-state index contributed by atoms with van der Waals surface area (Å²) in [4.78, 5) is 3.83. The van der Waals surface area contributed by atoms with E-state index in [2.05, 4.69) is 26.9 Å². The Hall–Kier alpha value is 0.430. The second-order valence-electron chi connectivity index (χ2n) is 3.42. The lowest BCUT2D eigenvalue weighted by Gasteiger charge is -2.38. The van der Waals surface area contributed by atoms with Crippen molar-refractivity contribution in [3.63, 3.8) is 0 Å². The fraction of sp³-hybridized carbons (Fsp3) is 0.556. The SMILES string of the molecule is Clc1ccc(CN2CC(CBr)C2)s1. The van der Waals surface area contributed by atoms with Crippen LogP contribution in [0.25, 0.3) is 0 Å². The molecule has 0 aromatic carbocycles. The topological polar surface area (TPSA) is 3.24 Å². The van der Waals surface area contributed by atoms with Crippen LogP contribution in [0.1, 0.15) is 4.88 Å². The molecule has 0 radical (unpaired) electrons. The van der Waals surface area contributed by atoms with Gasteiger partial charge in [-0.1, -0.05) is 27.5 Å². The molecule has 1 aromatic heterocycles. The molecule has 1 aromatic rings. The van der Waals surface area contributed by atoms with E-state index in [1.54, 1.807) is 11.3 Å². The molecular formula is C9H11BrClNS. The third kappa shape index (κ3) is 2.46. The third-order valence-corrected chi connectivity index (χ3v) is 4.39. The molecule has 0 saturated carbocycles. The summed E-state index contributed by atoms with van der Waals surface area (Å²) >= 11 is 11.0. The Morgan fingerprint density at radius 1 is 1.54 bits per heavy atom. The van der Waals surface area contributed by atoms with E-state index in [1.807, 2.05) is 6.07 Å². The number of hydrogen-bond acceptors (Lipinski definition) is 2. The van der Waals surface area contributed by atoms with Crippen molar-refractivity contribution in [1.82, 2.24) is 4.90 Å². The number of rotatable bonds is 3. The molecule has 1 aliphatic rings. The molecule has 1 nitrogen and oxygen atoms in total. The zero-order valence-electron chi connectivity index (χ0n) is 7.17. The first kappa shape index (κ1) is 9.97. The van der Waals surface area contributed by atoms with Crippen LogP contribution in [0.15, 0.2) is 12.1 Å². The molecule has 4 heteroatoms. The first-order valence-corrected chi connectivity index (χ1v) is 6.62. The summed E-state index contributed by atoms with van der Waals surface area (Å²) in [5.41, 5.74) is 0. The Balaban J connectivity index is 1.81. The van der Waals surface area contributed by atoms with Gasteiger partial charge in [0, 0.05) is 29.8 Å². The van der Waals surface area contributed by atoms with E-state index in [1.165, 1.54) is 18.0 Å². The normalized spacial score (nSPS) is 18.9. The van der Waals surface area contributed by atoms with Gasteiger partial charge in [-0.3, -0.25) is 4.90 Å². The average molecular weight is 281 g/mol. The van der Waals surface area contributed by atoms with Crippen molar-refractivity contribution in [2.75, 3.05) is 18.4 Å². The van der Waals surface area contributed by atoms with Crippen molar-refractivity contribution in [2.24, 2.45) is 5.92 Å². The highest BCUT2D eigenvalue weighted by Crippen LogP contribution is 2.26. The fourth-order valence-electron chi connectivity index (χ4n) is 1.56. The van der Waals surface area contributed by atoms with Gasteiger partial charge in [0.15, 0.2) is 0 Å². The predicted molar refractivity (Wildman–Crippen MR) is 61.9 cm³/mol. The van der Waals surface area contributed by atoms with Crippen LogP contribution in [0.5, 0.6) is 0 Å². The molecule has 0 amide bonds. The molecule has 13 heavy (non-hydrogen) atoms. The lowest BCUT2D eigenvalue weighted by molar-refractivity contribution is 0.110. The van der Waals surface area contributed by atoms with E-state index in [-0.39, 0.29) is 0 Å². The minimum Gasteiger partial charge on any atom is -0.298 e. The highest BCUT2D eigenvalue weighted by molar-refractivity contribution is 9.09. The van der Waals surface area contributed by atoms with Gasteiger partial charge >= 0.3 is 0 Å². The maximum atomic E-state index is 5.85. The molecule has 2 rings (SSSR count). The molecule has 72 valence electrons. The molecule has 1 saturated heterocycles. The van der Waals surface area contributed by atoms with Gasteiger partial charge < -0.3 is 0 Å². The summed E-state index contributed by atoms with van der Waals surface area (Å²) in [6.45, 7) is 3.52. The average Bonchev–Trinajstić information content (AvgIpc) is 2.43. The van der Waals surface area contributed by atoms with E-state index in [9.17, 15) is 0 Å². The largest absolute Gasteiger partial charge is 0.298 e. The van der Waals surface area contributed by atoms with Crippen LogP contribution in [-0.2, 0) is 6.54 Å². The van der Waals surface area contributed by atoms with E-state index < -0.39 is 0 Å². The van der Waals surface area contributed by atoms with Gasteiger partial charge in [0.25, 0.3) is 0 Å². The summed E-state index contributed by atoms with van der Waals surface area (Å²) in [5, 5.41) is 1.13. The molecule has 1 fully saturated rings. The summed E-state index contributed by atoms with van der Waals surface area (Å²) in [5.74, 6) is 0.857. The fourth-order valence-corrected chi connectivity index (χ4v) is 3.10. The number of nitrogens with zero attached hydrogens (tertiary/aromatic N) is 1. The van der Waals surface area contributed by atoms with Crippen LogP contribution in [-0.4, -0.2) is 23.3 Å². The molecule has 1 aliphatic heterocycles. The van der Waals surface area contributed by atoms with Gasteiger partial charge in [-0.25, -0.2) is 0 Å². The Labute approximate surface area is 95.8 Å². The number of hydrogen-bond donors (Lipinski definition) is 0. The molecule has 0 atom stereocenters. The van der Waals surface area contributed by atoms with E-state index in [0.29, 0.717) is 0 Å². The van der Waals surface area contributed by atoms with Crippen molar-refractivity contribution in [3.8, 4) is 0 Å². The summed E-state index contributed by atoms with van der Waals surface area (Å²) < 4.78 is 0.896. The standard InChI is InChI=1S/C9H11BrClNS/c10-3-7-4-12(5-7)6-8-1-2-9(11)13-8/h1-2,7H,3-6H2. The summed E-state index contributed by atoms with van der Waals surface area (Å²) in [6.07, 6.45) is 0. The first-order valence-electron chi connectivity index (χ1n) is 4.30. The second kappa shape index (κ2) is 4.30. The van der Waals surface area contributed by atoms with Crippen molar-refractivity contribution < 1.29 is 0 Å². The highest BCUT2D eigenvalue weighted by atomic mass is 79.9. The van der Waals surface area contributed by atoms with E-state index in [4.69, 9.17) is 11.6 Å². The van der Waals surface area contributed by atoms with Gasteiger partial charge in [0.2, 0.25) is 0 Å². The van der Waals surface area contributed by atoms with Crippen LogP contribution in [0.3, 0.4) is 0 Å². The Bertz CT molecular complexity index is 283. The maximum Gasteiger partial charge on any atom is 0.0931 e. The highest BCUT2D eigenvalue weighted by Gasteiger charge is 2.25. The lowest BCUT2D eigenvalue weighted by atomic mass is 10.0. The summed E-state index contributed by atoms with van der Waals surface area (Å²) in [6, 6.07) is 4.10. The lowest BCUT2D eigenvalue weighted by Crippen LogP contribution is -2.46. The van der Waals surface area contributed by atoms with E-state index >= 15 is 0 Å². The van der Waals surface area contributed by atoms with Crippen LogP contribution in [0, 0.1) is 5.92 Å². The minimum atomic E-state index is 0.857. The molecule has 2 heterocycles. The Morgan fingerprint density at radius 2 is 2.31 bits per heavy atom. The predicted octanol–water partition coefficient (Wildman–Crippen LogP) is 3.23. The zero-order valence-corrected chi connectivity index (χ0v) is 10.3. The van der Waals surface area contributed by atoms with Gasteiger partial charge in [-0.05, 0) is 18.1 Å². The number of alkyl halides is 1. The van der Waals surface area contributed by atoms with Crippen LogP contribution < -0.4 is 0 Å². The van der Waals surface area contributed by atoms with Crippen molar-refractivity contribution in [3.05, 3.63) is 21.3 Å². The van der Waals surface area contributed by atoms with Crippen LogP contribution in [0.4, 0.5) is 0 Å². The van der Waals surface area contributed by atoms with Gasteiger partial charge in [0.05, 0.1) is 4.34 Å². The molecule has 0 bridgehead atoms. The van der Waals surface area contributed by atoms with E-state index in [0.717, 1.165) is 22.1 Å². The van der Waals surface area contributed by atoms with Gasteiger partial charge in [-0.2, -0.15) is 0 Å². The molecule has 0 N–H and O–H groups in total. The zero-order chi connectivity index (χ0) is 9.26. The molecule has 0 spiro atoms. The quantitative estimate of drug-likeness (QED) is 0.769. The number of likely N-dealkylation sites (tertiary alicyclic amines) is 1. The van der Waals surface area contributed by atoms with Crippen molar-refractivity contribution in [1.29, 1.82) is 0 Å². The smallest absolute Gasteiger partial charge is 0.0931 e. The van der Waals surface area contributed by atoms with Gasteiger partial charge in [-0.15, -0.1) is 11.3 Å². The van der Waals surface area contributed by atoms with Crippen LogP contribution in [0.2, 0.25) is 4.34 Å². The Morgan fingerprint density at radius 3 is 2.85 bits per heavy atom. The van der Waals surface area contributed by atoms with Crippen LogP contribution >= 0.6 is 38.9 Å².